The SMILES string of the molecule is C/C(=C1/S/C(=N/c2ccccn2)N(C2CCCCC2)C1=O)c1ccc(Cl)cc1. The molecule has 2 heterocycles. The number of allylic oxidation sites excluding steroid dienone is 1. The fourth-order valence-electron chi connectivity index (χ4n) is 3.70. The van der Waals surface area contributed by atoms with Crippen LogP contribution in [-0.2, 0) is 4.79 Å². The molecule has 28 heavy (non-hydrogen) atoms. The molecule has 4 rings (SSSR count). The molecule has 1 aliphatic carbocycles. The Balaban J connectivity index is 1.74. The van der Waals surface area contributed by atoms with Crippen molar-refractivity contribution in [2.45, 2.75) is 45.1 Å². The van der Waals surface area contributed by atoms with Gasteiger partial charge in [-0.05, 0) is 66.9 Å². The second-order valence-corrected chi connectivity index (χ2v) is 8.53. The maximum atomic E-state index is 13.4. The molecule has 4 nitrogen and oxygen atoms in total. The summed E-state index contributed by atoms with van der Waals surface area (Å²) in [5, 5.41) is 1.42. The zero-order valence-electron chi connectivity index (χ0n) is 15.8. The number of benzene rings is 1. The Kier molecular flexibility index (Phi) is 5.83. The molecule has 1 saturated carbocycles. The van der Waals surface area contributed by atoms with Crippen LogP contribution in [0.3, 0.4) is 0 Å². The molecular formula is C22H22ClN3OS. The Hall–Kier alpha value is -2.11. The fourth-order valence-corrected chi connectivity index (χ4v) is 4.94. The van der Waals surface area contributed by atoms with E-state index in [9.17, 15) is 4.79 Å². The van der Waals surface area contributed by atoms with Gasteiger partial charge in [0, 0.05) is 17.3 Å². The molecule has 1 amide bonds. The number of nitrogens with zero attached hydrogens (tertiary/aromatic N) is 3. The molecule has 0 unspecified atom stereocenters. The summed E-state index contributed by atoms with van der Waals surface area (Å²) in [7, 11) is 0. The first-order chi connectivity index (χ1) is 13.6. The van der Waals surface area contributed by atoms with Crippen LogP contribution in [0.5, 0.6) is 0 Å². The van der Waals surface area contributed by atoms with E-state index in [0.29, 0.717) is 10.8 Å². The number of hydrogen-bond acceptors (Lipinski definition) is 4. The topological polar surface area (TPSA) is 45.6 Å². The van der Waals surface area contributed by atoms with Gasteiger partial charge < -0.3 is 0 Å². The van der Waals surface area contributed by atoms with Crippen molar-refractivity contribution in [3.8, 4) is 0 Å². The highest BCUT2D eigenvalue weighted by Crippen LogP contribution is 2.40. The van der Waals surface area contributed by atoms with Gasteiger partial charge in [0.05, 0.1) is 4.91 Å². The molecule has 0 spiro atoms. The predicted molar refractivity (Wildman–Crippen MR) is 117 cm³/mol. The molecule has 6 heteroatoms. The van der Waals surface area contributed by atoms with E-state index >= 15 is 0 Å². The van der Waals surface area contributed by atoms with E-state index in [4.69, 9.17) is 16.6 Å². The van der Waals surface area contributed by atoms with Crippen molar-refractivity contribution in [3.63, 3.8) is 0 Å². The molecule has 2 aromatic rings. The Bertz CT molecular complexity index is 919. The fraction of sp³-hybridized carbons (Fsp3) is 0.318. The van der Waals surface area contributed by atoms with Gasteiger partial charge in [-0.1, -0.05) is 49.1 Å². The highest BCUT2D eigenvalue weighted by atomic mass is 35.5. The number of carbonyl (C=O) groups excluding carboxylic acids is 1. The largest absolute Gasteiger partial charge is 0.283 e. The number of carbonyl (C=O) groups is 1. The molecule has 1 saturated heterocycles. The third kappa shape index (κ3) is 4.01. The summed E-state index contributed by atoms with van der Waals surface area (Å²) >= 11 is 7.48. The molecule has 2 fully saturated rings. The number of aromatic nitrogens is 1. The number of pyridine rings is 1. The van der Waals surface area contributed by atoms with Crippen molar-refractivity contribution in [1.82, 2.24) is 9.88 Å². The summed E-state index contributed by atoms with van der Waals surface area (Å²) in [5.74, 6) is 0.683. The van der Waals surface area contributed by atoms with Crippen LogP contribution in [0.1, 0.15) is 44.6 Å². The molecule has 144 valence electrons. The second kappa shape index (κ2) is 8.50. The van der Waals surface area contributed by atoms with Crippen LogP contribution in [0.4, 0.5) is 5.82 Å². The van der Waals surface area contributed by atoms with Gasteiger partial charge in [-0.15, -0.1) is 0 Å². The van der Waals surface area contributed by atoms with Gasteiger partial charge in [-0.2, -0.15) is 0 Å². The van der Waals surface area contributed by atoms with Crippen LogP contribution in [0.15, 0.2) is 58.6 Å². The minimum Gasteiger partial charge on any atom is -0.283 e. The Labute approximate surface area is 174 Å². The number of halogens is 1. The smallest absolute Gasteiger partial charge is 0.267 e. The van der Waals surface area contributed by atoms with Crippen LogP contribution in [-0.4, -0.2) is 27.0 Å². The van der Waals surface area contributed by atoms with E-state index in [2.05, 4.69) is 4.98 Å². The first kappa shape index (κ1) is 19.2. The van der Waals surface area contributed by atoms with Gasteiger partial charge in [-0.25, -0.2) is 9.98 Å². The standard InChI is InChI=1S/C22H22ClN3OS/c1-15(16-10-12-17(23)13-11-16)20-21(27)26(18-7-3-2-4-8-18)22(28-20)25-19-9-5-6-14-24-19/h5-6,9-14,18H,2-4,7-8H2,1H3/b20-15-,25-22+. The summed E-state index contributed by atoms with van der Waals surface area (Å²) in [6.45, 7) is 1.99. The quantitative estimate of drug-likeness (QED) is 0.576. The zero-order chi connectivity index (χ0) is 19.5. The van der Waals surface area contributed by atoms with Crippen LogP contribution < -0.4 is 0 Å². The van der Waals surface area contributed by atoms with Crippen LogP contribution in [0.25, 0.3) is 5.57 Å². The zero-order valence-corrected chi connectivity index (χ0v) is 17.3. The van der Waals surface area contributed by atoms with Crippen LogP contribution in [0, 0.1) is 0 Å². The first-order valence-electron chi connectivity index (χ1n) is 9.61. The number of amides is 1. The number of amidine groups is 1. The van der Waals surface area contributed by atoms with Gasteiger partial charge in [0.2, 0.25) is 0 Å². The van der Waals surface area contributed by atoms with Crippen molar-refractivity contribution in [2.75, 3.05) is 0 Å². The lowest BCUT2D eigenvalue weighted by atomic mass is 9.94. The molecule has 0 N–H and O–H groups in total. The van der Waals surface area contributed by atoms with Crippen molar-refractivity contribution in [3.05, 3.63) is 64.2 Å². The lowest BCUT2D eigenvalue weighted by Crippen LogP contribution is -2.40. The number of thioether (sulfide) groups is 1. The van der Waals surface area contributed by atoms with Crippen molar-refractivity contribution >= 4 is 45.8 Å². The highest BCUT2D eigenvalue weighted by Gasteiger charge is 2.39. The van der Waals surface area contributed by atoms with E-state index in [1.165, 1.54) is 18.2 Å². The molecular weight excluding hydrogens is 390 g/mol. The summed E-state index contributed by atoms with van der Waals surface area (Å²) < 4.78 is 0. The van der Waals surface area contributed by atoms with Gasteiger partial charge in [0.15, 0.2) is 11.0 Å². The lowest BCUT2D eigenvalue weighted by Gasteiger charge is -2.30. The Morgan fingerprint density at radius 3 is 2.57 bits per heavy atom. The second-order valence-electron chi connectivity index (χ2n) is 7.11. The summed E-state index contributed by atoms with van der Waals surface area (Å²) in [6.07, 6.45) is 7.34. The predicted octanol–water partition coefficient (Wildman–Crippen LogP) is 6.06. The molecule has 1 aromatic heterocycles. The van der Waals surface area contributed by atoms with Gasteiger partial charge >= 0.3 is 0 Å². The van der Waals surface area contributed by atoms with Crippen molar-refractivity contribution < 1.29 is 4.79 Å². The Morgan fingerprint density at radius 2 is 1.89 bits per heavy atom. The van der Waals surface area contributed by atoms with Crippen molar-refractivity contribution in [1.29, 1.82) is 0 Å². The van der Waals surface area contributed by atoms with E-state index in [0.717, 1.165) is 46.9 Å². The van der Waals surface area contributed by atoms with Gasteiger partial charge in [0.1, 0.15) is 0 Å². The third-order valence-corrected chi connectivity index (χ3v) is 6.64. The highest BCUT2D eigenvalue weighted by molar-refractivity contribution is 8.18. The van der Waals surface area contributed by atoms with Crippen molar-refractivity contribution in [2.24, 2.45) is 4.99 Å². The normalized spacial score (nSPS) is 21.4. The van der Waals surface area contributed by atoms with E-state index < -0.39 is 0 Å². The maximum Gasteiger partial charge on any atom is 0.267 e. The molecule has 0 radical (unpaired) electrons. The summed E-state index contributed by atoms with van der Waals surface area (Å²) in [6, 6.07) is 13.5. The molecule has 1 aliphatic heterocycles. The van der Waals surface area contributed by atoms with E-state index in [-0.39, 0.29) is 11.9 Å². The summed E-state index contributed by atoms with van der Waals surface area (Å²) in [5.41, 5.74) is 1.96. The molecule has 0 bridgehead atoms. The number of rotatable bonds is 3. The minimum atomic E-state index is 0.0547. The summed E-state index contributed by atoms with van der Waals surface area (Å²) in [4.78, 5) is 25.1. The number of hydrogen-bond donors (Lipinski definition) is 0. The number of aliphatic imine (C=N–C) groups is 1. The van der Waals surface area contributed by atoms with Gasteiger partial charge in [-0.3, -0.25) is 9.69 Å². The maximum absolute atomic E-state index is 13.4. The van der Waals surface area contributed by atoms with Gasteiger partial charge in [0.25, 0.3) is 5.91 Å². The minimum absolute atomic E-state index is 0.0547. The first-order valence-corrected chi connectivity index (χ1v) is 10.8. The van der Waals surface area contributed by atoms with E-state index in [1.54, 1.807) is 6.20 Å². The molecule has 0 atom stereocenters. The molecule has 1 aromatic carbocycles. The Morgan fingerprint density at radius 1 is 1.14 bits per heavy atom. The molecule has 2 aliphatic rings. The van der Waals surface area contributed by atoms with Crippen LogP contribution >= 0.6 is 23.4 Å². The lowest BCUT2D eigenvalue weighted by molar-refractivity contribution is -0.124. The monoisotopic (exact) mass is 411 g/mol. The van der Waals surface area contributed by atoms with Crippen LogP contribution in [0.2, 0.25) is 5.02 Å². The average molecular weight is 412 g/mol. The third-order valence-electron chi connectivity index (χ3n) is 5.23. The van der Waals surface area contributed by atoms with E-state index in [1.807, 2.05) is 54.3 Å². The average Bonchev–Trinajstić information content (AvgIpc) is 3.05.